The molecule has 1 aromatic heterocycles. The lowest BCUT2D eigenvalue weighted by atomic mass is 10.2. The van der Waals surface area contributed by atoms with E-state index in [1.165, 1.54) is 19.4 Å². The van der Waals surface area contributed by atoms with Crippen LogP contribution >= 0.6 is 24.0 Å². The second-order valence-corrected chi connectivity index (χ2v) is 6.23. The molecule has 0 radical (unpaired) electrons. The SMILES string of the molecule is CN=C(NCC1CCCN1C)N1CCN(c2ncccn2)CC1.I. The maximum absolute atomic E-state index is 4.46. The van der Waals surface area contributed by atoms with Gasteiger partial charge in [0.1, 0.15) is 0 Å². The van der Waals surface area contributed by atoms with Crippen LogP contribution in [-0.4, -0.2) is 85.1 Å². The van der Waals surface area contributed by atoms with Crippen LogP contribution in [0.2, 0.25) is 0 Å². The summed E-state index contributed by atoms with van der Waals surface area (Å²) in [6, 6.07) is 2.48. The number of piperazine rings is 1. The molecule has 0 aromatic carbocycles. The topological polar surface area (TPSA) is 59.9 Å². The number of guanidine groups is 1. The van der Waals surface area contributed by atoms with E-state index in [9.17, 15) is 0 Å². The van der Waals surface area contributed by atoms with Crippen molar-refractivity contribution in [3.8, 4) is 0 Å². The van der Waals surface area contributed by atoms with Gasteiger partial charge in [0.2, 0.25) is 5.95 Å². The summed E-state index contributed by atoms with van der Waals surface area (Å²) in [6.07, 6.45) is 6.18. The summed E-state index contributed by atoms with van der Waals surface area (Å²) in [5, 5.41) is 3.55. The van der Waals surface area contributed by atoms with Gasteiger partial charge in [-0.05, 0) is 32.5 Å². The molecule has 2 aliphatic rings. The van der Waals surface area contributed by atoms with Gasteiger partial charge in [-0.1, -0.05) is 0 Å². The Morgan fingerprint density at radius 1 is 1.21 bits per heavy atom. The molecule has 134 valence electrons. The second-order valence-electron chi connectivity index (χ2n) is 6.23. The van der Waals surface area contributed by atoms with Gasteiger partial charge in [-0.25, -0.2) is 9.97 Å². The predicted molar refractivity (Wildman–Crippen MR) is 108 cm³/mol. The molecule has 1 unspecified atom stereocenters. The molecule has 1 N–H and O–H groups in total. The Morgan fingerprint density at radius 2 is 1.92 bits per heavy atom. The van der Waals surface area contributed by atoms with E-state index in [1.807, 2.05) is 13.1 Å². The molecule has 0 bridgehead atoms. The smallest absolute Gasteiger partial charge is 0.225 e. The molecule has 0 spiro atoms. The summed E-state index contributed by atoms with van der Waals surface area (Å²) < 4.78 is 0. The zero-order valence-electron chi connectivity index (χ0n) is 14.6. The number of halogens is 1. The lowest BCUT2D eigenvalue weighted by Crippen LogP contribution is -2.54. The summed E-state index contributed by atoms with van der Waals surface area (Å²) in [5.74, 6) is 1.83. The van der Waals surface area contributed by atoms with Gasteiger partial charge >= 0.3 is 0 Å². The molecule has 0 amide bonds. The summed E-state index contributed by atoms with van der Waals surface area (Å²) in [7, 11) is 4.08. The van der Waals surface area contributed by atoms with E-state index in [2.05, 4.69) is 42.0 Å². The summed E-state index contributed by atoms with van der Waals surface area (Å²) in [6.45, 7) is 5.92. The average Bonchev–Trinajstić information content (AvgIpc) is 3.02. The number of hydrogen-bond donors (Lipinski definition) is 1. The molecule has 3 rings (SSSR count). The minimum atomic E-state index is 0. The first-order valence-electron chi connectivity index (χ1n) is 8.45. The van der Waals surface area contributed by atoms with Crippen LogP contribution in [0.4, 0.5) is 5.95 Å². The van der Waals surface area contributed by atoms with Crippen molar-refractivity contribution in [2.75, 3.05) is 58.3 Å². The summed E-state index contributed by atoms with van der Waals surface area (Å²) in [5.41, 5.74) is 0. The number of likely N-dealkylation sites (N-methyl/N-ethyl adjacent to an activating group) is 1. The first-order chi connectivity index (χ1) is 11.3. The van der Waals surface area contributed by atoms with Crippen LogP contribution in [0.15, 0.2) is 23.5 Å². The number of hydrogen-bond acceptors (Lipinski definition) is 5. The Kier molecular flexibility index (Phi) is 7.47. The number of anilines is 1. The number of nitrogens with zero attached hydrogens (tertiary/aromatic N) is 6. The lowest BCUT2D eigenvalue weighted by molar-refractivity contribution is 0.303. The van der Waals surface area contributed by atoms with E-state index in [-0.39, 0.29) is 24.0 Å². The quantitative estimate of drug-likeness (QED) is 0.424. The molecule has 0 saturated carbocycles. The number of aliphatic imine (C=N–C) groups is 1. The molecule has 0 aliphatic carbocycles. The van der Waals surface area contributed by atoms with Crippen molar-refractivity contribution >= 4 is 35.9 Å². The van der Waals surface area contributed by atoms with Crippen molar-refractivity contribution in [2.45, 2.75) is 18.9 Å². The Morgan fingerprint density at radius 3 is 2.50 bits per heavy atom. The highest BCUT2D eigenvalue weighted by Crippen LogP contribution is 2.14. The highest BCUT2D eigenvalue weighted by Gasteiger charge is 2.24. The van der Waals surface area contributed by atoms with Gasteiger partial charge in [0, 0.05) is 58.2 Å². The van der Waals surface area contributed by atoms with E-state index in [1.54, 1.807) is 12.4 Å². The molecule has 8 heteroatoms. The van der Waals surface area contributed by atoms with Gasteiger partial charge in [-0.3, -0.25) is 4.99 Å². The van der Waals surface area contributed by atoms with Crippen molar-refractivity contribution in [3.05, 3.63) is 18.5 Å². The predicted octanol–water partition coefficient (Wildman–Crippen LogP) is 0.886. The van der Waals surface area contributed by atoms with Crippen LogP contribution in [-0.2, 0) is 0 Å². The molecule has 1 atom stereocenters. The largest absolute Gasteiger partial charge is 0.355 e. The zero-order chi connectivity index (χ0) is 16.1. The van der Waals surface area contributed by atoms with Gasteiger partial charge in [0.25, 0.3) is 0 Å². The fourth-order valence-corrected chi connectivity index (χ4v) is 3.35. The third-order valence-corrected chi connectivity index (χ3v) is 4.79. The van der Waals surface area contributed by atoms with Gasteiger partial charge in [0.05, 0.1) is 0 Å². The minimum Gasteiger partial charge on any atom is -0.355 e. The molecule has 2 aliphatic heterocycles. The Bertz CT molecular complexity index is 516. The maximum Gasteiger partial charge on any atom is 0.225 e. The third kappa shape index (κ3) is 4.69. The van der Waals surface area contributed by atoms with E-state index >= 15 is 0 Å². The maximum atomic E-state index is 4.46. The van der Waals surface area contributed by atoms with Crippen molar-refractivity contribution in [1.29, 1.82) is 0 Å². The highest BCUT2D eigenvalue weighted by molar-refractivity contribution is 14.0. The summed E-state index contributed by atoms with van der Waals surface area (Å²) in [4.78, 5) is 20.1. The molecule has 2 saturated heterocycles. The van der Waals surface area contributed by atoms with Gasteiger partial charge in [-0.2, -0.15) is 0 Å². The normalized spacial score (nSPS) is 22.4. The van der Waals surface area contributed by atoms with E-state index in [0.29, 0.717) is 6.04 Å². The molecular formula is C16H28IN7. The minimum absolute atomic E-state index is 0. The van der Waals surface area contributed by atoms with Crippen molar-refractivity contribution in [3.63, 3.8) is 0 Å². The first kappa shape index (κ1) is 19.2. The van der Waals surface area contributed by atoms with Crippen LogP contribution in [0.25, 0.3) is 0 Å². The highest BCUT2D eigenvalue weighted by atomic mass is 127. The molecule has 3 heterocycles. The van der Waals surface area contributed by atoms with Gasteiger partial charge in [-0.15, -0.1) is 24.0 Å². The monoisotopic (exact) mass is 445 g/mol. The summed E-state index contributed by atoms with van der Waals surface area (Å²) >= 11 is 0. The molecule has 2 fully saturated rings. The van der Waals surface area contributed by atoms with E-state index < -0.39 is 0 Å². The Hall–Kier alpha value is -1.16. The number of nitrogens with one attached hydrogen (secondary N) is 1. The van der Waals surface area contributed by atoms with E-state index in [0.717, 1.165) is 44.6 Å². The first-order valence-corrected chi connectivity index (χ1v) is 8.45. The fraction of sp³-hybridized carbons (Fsp3) is 0.688. The molecule has 1 aromatic rings. The van der Waals surface area contributed by atoms with Gasteiger partial charge in [0.15, 0.2) is 5.96 Å². The molecular weight excluding hydrogens is 417 g/mol. The van der Waals surface area contributed by atoms with Crippen molar-refractivity contribution in [2.24, 2.45) is 4.99 Å². The number of aromatic nitrogens is 2. The van der Waals surface area contributed by atoms with Crippen LogP contribution < -0.4 is 10.2 Å². The van der Waals surface area contributed by atoms with Crippen LogP contribution in [0.1, 0.15) is 12.8 Å². The second kappa shape index (κ2) is 9.36. The van der Waals surface area contributed by atoms with Crippen LogP contribution in [0, 0.1) is 0 Å². The lowest BCUT2D eigenvalue weighted by Gasteiger charge is -2.36. The Labute approximate surface area is 161 Å². The average molecular weight is 445 g/mol. The van der Waals surface area contributed by atoms with Crippen molar-refractivity contribution in [1.82, 2.24) is 25.1 Å². The van der Waals surface area contributed by atoms with Crippen molar-refractivity contribution < 1.29 is 0 Å². The third-order valence-electron chi connectivity index (χ3n) is 4.79. The molecule has 7 nitrogen and oxygen atoms in total. The zero-order valence-corrected chi connectivity index (χ0v) is 16.9. The van der Waals surface area contributed by atoms with Gasteiger partial charge < -0.3 is 20.0 Å². The Balaban J connectivity index is 0.00000208. The number of likely N-dealkylation sites (tertiary alicyclic amines) is 1. The van der Waals surface area contributed by atoms with E-state index in [4.69, 9.17) is 0 Å². The van der Waals surface area contributed by atoms with Crippen LogP contribution in [0.5, 0.6) is 0 Å². The molecule has 24 heavy (non-hydrogen) atoms. The standard InChI is InChI=1S/C16H27N7.HI/c1-17-15(20-13-14-5-3-8-21(14)2)22-9-11-23(12-10-22)16-18-6-4-7-19-16;/h4,6-7,14H,3,5,8-13H2,1-2H3,(H,17,20);1H. The van der Waals surface area contributed by atoms with Crippen LogP contribution in [0.3, 0.4) is 0 Å². The number of rotatable bonds is 3. The fourth-order valence-electron chi connectivity index (χ4n) is 3.35.